The third-order valence-electron chi connectivity index (χ3n) is 3.65. The number of nitrogens with one attached hydrogen (secondary N) is 2. The van der Waals surface area contributed by atoms with Crippen LogP contribution in [-0.4, -0.2) is 22.5 Å². The van der Waals surface area contributed by atoms with E-state index in [2.05, 4.69) is 20.6 Å². The third-order valence-corrected chi connectivity index (χ3v) is 3.65. The lowest BCUT2D eigenvalue weighted by molar-refractivity contribution is 0.102. The van der Waals surface area contributed by atoms with Crippen LogP contribution in [-0.2, 0) is 6.54 Å². The van der Waals surface area contributed by atoms with Crippen LogP contribution in [0.1, 0.15) is 22.8 Å². The third kappa shape index (κ3) is 4.80. The molecular formula is C20H20N4O2. The monoisotopic (exact) mass is 348 g/mol. The Hall–Kier alpha value is -3.41. The molecule has 0 saturated heterocycles. The zero-order chi connectivity index (χ0) is 18.2. The molecule has 0 aliphatic heterocycles. The van der Waals surface area contributed by atoms with E-state index in [1.54, 1.807) is 42.9 Å². The molecule has 3 rings (SSSR count). The molecule has 0 radical (unpaired) electrons. The first-order valence-electron chi connectivity index (χ1n) is 8.37. The summed E-state index contributed by atoms with van der Waals surface area (Å²) in [7, 11) is 0. The van der Waals surface area contributed by atoms with Gasteiger partial charge in [0.05, 0.1) is 12.2 Å². The molecule has 6 nitrogen and oxygen atoms in total. The average molecular weight is 348 g/mol. The SMILES string of the molecule is CCOc1ccc(NC(=O)c2ccc(NCc3cccnc3)nc2)cc1. The van der Waals surface area contributed by atoms with Crippen LogP contribution in [0.4, 0.5) is 11.5 Å². The van der Waals surface area contributed by atoms with Crippen LogP contribution < -0.4 is 15.4 Å². The molecule has 1 amide bonds. The average Bonchev–Trinajstić information content (AvgIpc) is 2.69. The highest BCUT2D eigenvalue weighted by Crippen LogP contribution is 2.16. The van der Waals surface area contributed by atoms with Crippen molar-refractivity contribution in [3.63, 3.8) is 0 Å². The van der Waals surface area contributed by atoms with E-state index in [0.717, 1.165) is 11.3 Å². The summed E-state index contributed by atoms with van der Waals surface area (Å²) in [4.78, 5) is 20.7. The molecule has 0 saturated carbocycles. The first-order chi connectivity index (χ1) is 12.7. The van der Waals surface area contributed by atoms with E-state index < -0.39 is 0 Å². The number of pyridine rings is 2. The highest BCUT2D eigenvalue weighted by molar-refractivity contribution is 6.04. The molecule has 2 aromatic heterocycles. The quantitative estimate of drug-likeness (QED) is 0.680. The Morgan fingerprint density at radius 1 is 1.08 bits per heavy atom. The van der Waals surface area contributed by atoms with Crippen molar-refractivity contribution in [2.45, 2.75) is 13.5 Å². The summed E-state index contributed by atoms with van der Waals surface area (Å²) in [5.74, 6) is 1.27. The fourth-order valence-corrected chi connectivity index (χ4v) is 2.33. The number of benzene rings is 1. The second kappa shape index (κ2) is 8.62. The van der Waals surface area contributed by atoms with Gasteiger partial charge in [-0.2, -0.15) is 0 Å². The highest BCUT2D eigenvalue weighted by atomic mass is 16.5. The van der Waals surface area contributed by atoms with Crippen LogP contribution in [0.5, 0.6) is 5.75 Å². The lowest BCUT2D eigenvalue weighted by Crippen LogP contribution is -2.12. The van der Waals surface area contributed by atoms with Crippen LogP contribution in [0.3, 0.4) is 0 Å². The summed E-state index contributed by atoms with van der Waals surface area (Å²) in [6, 6.07) is 14.6. The predicted octanol–water partition coefficient (Wildman–Crippen LogP) is 3.74. The Kier molecular flexibility index (Phi) is 5.77. The Morgan fingerprint density at radius 2 is 1.92 bits per heavy atom. The molecule has 2 N–H and O–H groups in total. The minimum Gasteiger partial charge on any atom is -0.494 e. The summed E-state index contributed by atoms with van der Waals surface area (Å²) >= 11 is 0. The van der Waals surface area contributed by atoms with Gasteiger partial charge in [-0.05, 0) is 55.0 Å². The van der Waals surface area contributed by atoms with Gasteiger partial charge in [-0.3, -0.25) is 9.78 Å². The smallest absolute Gasteiger partial charge is 0.257 e. The Bertz CT molecular complexity index is 834. The van der Waals surface area contributed by atoms with Crippen LogP contribution in [0.2, 0.25) is 0 Å². The maximum Gasteiger partial charge on any atom is 0.257 e. The minimum atomic E-state index is -0.208. The van der Waals surface area contributed by atoms with Gasteiger partial charge in [0.25, 0.3) is 5.91 Å². The number of carbonyl (C=O) groups is 1. The van der Waals surface area contributed by atoms with Gasteiger partial charge in [-0.15, -0.1) is 0 Å². The van der Waals surface area contributed by atoms with Crippen LogP contribution >= 0.6 is 0 Å². The minimum absolute atomic E-state index is 0.208. The second-order valence-electron chi connectivity index (χ2n) is 5.56. The molecule has 1 aromatic carbocycles. The van der Waals surface area contributed by atoms with Gasteiger partial charge >= 0.3 is 0 Å². The molecule has 0 bridgehead atoms. The molecule has 0 unspecified atom stereocenters. The molecule has 2 heterocycles. The summed E-state index contributed by atoms with van der Waals surface area (Å²) < 4.78 is 5.38. The van der Waals surface area contributed by atoms with Crippen molar-refractivity contribution in [2.75, 3.05) is 17.2 Å². The maximum absolute atomic E-state index is 12.3. The van der Waals surface area contributed by atoms with E-state index in [4.69, 9.17) is 4.74 Å². The van der Waals surface area contributed by atoms with Gasteiger partial charge < -0.3 is 15.4 Å². The topological polar surface area (TPSA) is 76.1 Å². The van der Waals surface area contributed by atoms with Crippen molar-refractivity contribution in [3.8, 4) is 5.75 Å². The first-order valence-corrected chi connectivity index (χ1v) is 8.37. The Labute approximate surface area is 152 Å². The van der Waals surface area contributed by atoms with E-state index in [1.165, 1.54) is 0 Å². The molecule has 0 fully saturated rings. The molecule has 0 aliphatic carbocycles. The van der Waals surface area contributed by atoms with Crippen LogP contribution in [0.15, 0.2) is 67.1 Å². The van der Waals surface area contributed by atoms with Crippen molar-refractivity contribution in [2.24, 2.45) is 0 Å². The lowest BCUT2D eigenvalue weighted by atomic mass is 10.2. The number of rotatable bonds is 7. The zero-order valence-electron chi connectivity index (χ0n) is 14.5. The Balaban J connectivity index is 1.56. The zero-order valence-corrected chi connectivity index (χ0v) is 14.5. The molecule has 0 aliphatic rings. The largest absolute Gasteiger partial charge is 0.494 e. The van der Waals surface area contributed by atoms with Gasteiger partial charge in [0.15, 0.2) is 0 Å². The van der Waals surface area contributed by atoms with Crippen LogP contribution in [0, 0.1) is 0 Å². The number of anilines is 2. The molecule has 6 heteroatoms. The van der Waals surface area contributed by atoms with Gasteiger partial charge in [0, 0.05) is 30.8 Å². The Morgan fingerprint density at radius 3 is 2.58 bits per heavy atom. The number of hydrogen-bond acceptors (Lipinski definition) is 5. The molecule has 0 atom stereocenters. The van der Waals surface area contributed by atoms with Crippen LogP contribution in [0.25, 0.3) is 0 Å². The van der Waals surface area contributed by atoms with Gasteiger partial charge in [-0.25, -0.2) is 4.98 Å². The maximum atomic E-state index is 12.3. The van der Waals surface area contributed by atoms with E-state index in [-0.39, 0.29) is 5.91 Å². The number of nitrogens with zero attached hydrogens (tertiary/aromatic N) is 2. The van der Waals surface area contributed by atoms with Crippen molar-refractivity contribution >= 4 is 17.4 Å². The van der Waals surface area contributed by atoms with Crippen molar-refractivity contribution < 1.29 is 9.53 Å². The van der Waals surface area contributed by atoms with Gasteiger partial charge in [-0.1, -0.05) is 6.07 Å². The van der Waals surface area contributed by atoms with E-state index >= 15 is 0 Å². The highest BCUT2D eigenvalue weighted by Gasteiger charge is 2.07. The molecular weight excluding hydrogens is 328 g/mol. The van der Waals surface area contributed by atoms with Crippen molar-refractivity contribution in [1.82, 2.24) is 9.97 Å². The predicted molar refractivity (Wildman–Crippen MR) is 101 cm³/mol. The van der Waals surface area contributed by atoms with Crippen molar-refractivity contribution in [3.05, 3.63) is 78.2 Å². The summed E-state index contributed by atoms with van der Waals surface area (Å²) in [5.41, 5.74) is 2.26. The standard InChI is InChI=1S/C20H20N4O2/c1-2-26-18-8-6-17(7-9-18)24-20(25)16-5-10-19(23-14-16)22-13-15-4-3-11-21-12-15/h3-12,14H,2,13H2,1H3,(H,22,23)(H,24,25). The van der Waals surface area contributed by atoms with Gasteiger partial charge in [0.2, 0.25) is 0 Å². The second-order valence-corrected chi connectivity index (χ2v) is 5.56. The number of amides is 1. The number of aromatic nitrogens is 2. The van der Waals surface area contributed by atoms with E-state index in [9.17, 15) is 4.79 Å². The summed E-state index contributed by atoms with van der Waals surface area (Å²) in [5, 5.41) is 6.04. The van der Waals surface area contributed by atoms with E-state index in [1.807, 2.05) is 31.2 Å². The molecule has 0 spiro atoms. The van der Waals surface area contributed by atoms with Gasteiger partial charge in [0.1, 0.15) is 11.6 Å². The molecule has 132 valence electrons. The van der Waals surface area contributed by atoms with E-state index in [0.29, 0.717) is 30.2 Å². The number of carbonyl (C=O) groups excluding carboxylic acids is 1. The number of hydrogen-bond donors (Lipinski definition) is 2. The number of ether oxygens (including phenoxy) is 1. The normalized spacial score (nSPS) is 10.2. The molecule has 3 aromatic rings. The lowest BCUT2D eigenvalue weighted by Gasteiger charge is -2.08. The fourth-order valence-electron chi connectivity index (χ4n) is 2.33. The summed E-state index contributed by atoms with van der Waals surface area (Å²) in [6.07, 6.45) is 5.08. The molecule has 26 heavy (non-hydrogen) atoms. The first kappa shape index (κ1) is 17.4. The van der Waals surface area contributed by atoms with Crippen molar-refractivity contribution in [1.29, 1.82) is 0 Å². The fraction of sp³-hybridized carbons (Fsp3) is 0.150. The summed E-state index contributed by atoms with van der Waals surface area (Å²) in [6.45, 7) is 3.16.